The molecule has 1 aromatic carbocycles. The zero-order valence-corrected chi connectivity index (χ0v) is 12.6. The molecule has 0 N–H and O–H groups in total. The van der Waals surface area contributed by atoms with Gasteiger partial charge in [0.15, 0.2) is 0 Å². The van der Waals surface area contributed by atoms with E-state index in [-0.39, 0.29) is 5.38 Å². The lowest BCUT2D eigenvalue weighted by Gasteiger charge is -2.23. The number of fused-ring (bicyclic) bond motifs is 3. The molecule has 2 aliphatic heterocycles. The van der Waals surface area contributed by atoms with Gasteiger partial charge in [-0.05, 0) is 50.8 Å². The van der Waals surface area contributed by atoms with Crippen molar-refractivity contribution in [3.05, 3.63) is 29.6 Å². The highest BCUT2D eigenvalue weighted by Gasteiger charge is 2.43. The van der Waals surface area contributed by atoms with Gasteiger partial charge in [0, 0.05) is 0 Å². The van der Waals surface area contributed by atoms with Gasteiger partial charge in [-0.1, -0.05) is 6.07 Å². The molecule has 3 nitrogen and oxygen atoms in total. The number of aryl methyl sites for hydroxylation is 1. The molecule has 4 heteroatoms. The maximum absolute atomic E-state index is 6.38. The molecule has 3 heterocycles. The maximum Gasteiger partial charge on any atom is 0.128 e. The number of imidazole rings is 1. The summed E-state index contributed by atoms with van der Waals surface area (Å²) in [6, 6.07) is 6.87. The number of aromatic nitrogens is 2. The van der Waals surface area contributed by atoms with Crippen LogP contribution >= 0.6 is 11.6 Å². The van der Waals surface area contributed by atoms with E-state index in [9.17, 15) is 0 Å². The van der Waals surface area contributed by atoms with E-state index < -0.39 is 0 Å². The molecule has 4 unspecified atom stereocenters. The van der Waals surface area contributed by atoms with Gasteiger partial charge < -0.3 is 9.30 Å². The smallest absolute Gasteiger partial charge is 0.128 e. The van der Waals surface area contributed by atoms with E-state index in [0.717, 1.165) is 24.2 Å². The molecule has 4 atom stereocenters. The highest BCUT2D eigenvalue weighted by Crippen LogP contribution is 2.44. The van der Waals surface area contributed by atoms with Gasteiger partial charge in [-0.15, -0.1) is 11.6 Å². The third-order valence-electron chi connectivity index (χ3n) is 4.63. The molecule has 4 rings (SSSR count). The van der Waals surface area contributed by atoms with E-state index in [1.54, 1.807) is 0 Å². The molecule has 20 heavy (non-hydrogen) atoms. The van der Waals surface area contributed by atoms with Gasteiger partial charge in [0.2, 0.25) is 0 Å². The Morgan fingerprint density at radius 1 is 1.40 bits per heavy atom. The number of hydrogen-bond acceptors (Lipinski definition) is 2. The molecule has 106 valence electrons. The van der Waals surface area contributed by atoms with E-state index in [0.29, 0.717) is 18.2 Å². The van der Waals surface area contributed by atoms with E-state index >= 15 is 0 Å². The number of halogens is 1. The predicted octanol–water partition coefficient (Wildman–Crippen LogP) is 4.14. The average Bonchev–Trinajstić information content (AvgIpc) is 3.09. The van der Waals surface area contributed by atoms with Crippen LogP contribution in [0.2, 0.25) is 0 Å². The van der Waals surface area contributed by atoms with Crippen molar-refractivity contribution in [3.8, 4) is 0 Å². The van der Waals surface area contributed by atoms with Crippen LogP contribution in [0.5, 0.6) is 0 Å². The largest absolute Gasteiger partial charge is 0.373 e. The molecule has 0 amide bonds. The SMILES string of the molecule is Cc1ccc2c(c1)nc(C(C)Cl)n2C1CC2CCC1O2. The standard InChI is InChI=1S/C16H19ClN2O/c1-9-3-5-13-12(7-9)18-16(10(2)17)19(13)14-8-11-4-6-15(14)20-11/h3,5,7,10-11,14-15H,4,6,8H2,1-2H3. The Morgan fingerprint density at radius 2 is 2.25 bits per heavy atom. The summed E-state index contributed by atoms with van der Waals surface area (Å²) in [5.41, 5.74) is 3.48. The number of benzene rings is 1. The highest BCUT2D eigenvalue weighted by molar-refractivity contribution is 6.20. The first-order chi connectivity index (χ1) is 9.63. The van der Waals surface area contributed by atoms with Crippen molar-refractivity contribution < 1.29 is 4.74 Å². The Kier molecular flexibility index (Phi) is 2.83. The second kappa shape index (κ2) is 4.47. The molecule has 2 aliphatic rings. The molecule has 0 saturated carbocycles. The normalized spacial score (nSPS) is 30.2. The van der Waals surface area contributed by atoms with Crippen molar-refractivity contribution in [1.82, 2.24) is 9.55 Å². The minimum absolute atomic E-state index is 0.0816. The summed E-state index contributed by atoms with van der Waals surface area (Å²) < 4.78 is 8.37. The fraction of sp³-hybridized carbons (Fsp3) is 0.562. The van der Waals surface area contributed by atoms with Crippen molar-refractivity contribution >= 4 is 22.6 Å². The fourth-order valence-electron chi connectivity index (χ4n) is 3.74. The molecule has 0 spiro atoms. The lowest BCUT2D eigenvalue weighted by Crippen LogP contribution is -2.22. The van der Waals surface area contributed by atoms with Gasteiger partial charge in [0.05, 0.1) is 34.7 Å². The summed E-state index contributed by atoms with van der Waals surface area (Å²) in [5, 5.41) is -0.0816. The Morgan fingerprint density at radius 3 is 2.90 bits per heavy atom. The number of nitrogens with zero attached hydrogens (tertiary/aromatic N) is 2. The Bertz CT molecular complexity index is 664. The van der Waals surface area contributed by atoms with Crippen LogP contribution in [-0.2, 0) is 4.74 Å². The second-order valence-corrected chi connectivity index (χ2v) is 6.78. The van der Waals surface area contributed by atoms with Gasteiger partial charge in [0.25, 0.3) is 0 Å². The Labute approximate surface area is 123 Å². The van der Waals surface area contributed by atoms with Crippen LogP contribution in [0, 0.1) is 6.92 Å². The summed E-state index contributed by atoms with van der Waals surface area (Å²) >= 11 is 6.38. The summed E-state index contributed by atoms with van der Waals surface area (Å²) in [7, 11) is 0. The van der Waals surface area contributed by atoms with Gasteiger partial charge >= 0.3 is 0 Å². The van der Waals surface area contributed by atoms with Crippen LogP contribution in [0.3, 0.4) is 0 Å². The van der Waals surface area contributed by atoms with Gasteiger partial charge in [0.1, 0.15) is 5.82 Å². The summed E-state index contributed by atoms with van der Waals surface area (Å²) in [6.45, 7) is 4.10. The monoisotopic (exact) mass is 290 g/mol. The maximum atomic E-state index is 6.38. The zero-order valence-electron chi connectivity index (χ0n) is 11.8. The second-order valence-electron chi connectivity index (χ2n) is 6.13. The molecule has 0 radical (unpaired) electrons. The third kappa shape index (κ3) is 1.80. The number of alkyl halides is 1. The summed E-state index contributed by atoms with van der Waals surface area (Å²) in [5.74, 6) is 0.980. The molecular formula is C16H19ClN2O. The minimum Gasteiger partial charge on any atom is -0.373 e. The molecule has 2 saturated heterocycles. The van der Waals surface area contributed by atoms with Crippen LogP contribution < -0.4 is 0 Å². The van der Waals surface area contributed by atoms with Crippen LogP contribution in [0.25, 0.3) is 11.0 Å². The van der Waals surface area contributed by atoms with Crippen molar-refractivity contribution in [2.24, 2.45) is 0 Å². The minimum atomic E-state index is -0.0816. The first-order valence-electron chi connectivity index (χ1n) is 7.41. The quantitative estimate of drug-likeness (QED) is 0.777. The van der Waals surface area contributed by atoms with Crippen LogP contribution in [-0.4, -0.2) is 21.8 Å². The number of rotatable bonds is 2. The van der Waals surface area contributed by atoms with Gasteiger partial charge in [-0.2, -0.15) is 0 Å². The van der Waals surface area contributed by atoms with E-state index in [4.69, 9.17) is 21.3 Å². The van der Waals surface area contributed by atoms with Crippen LogP contribution in [0.1, 0.15) is 49.0 Å². The molecule has 0 aliphatic carbocycles. The van der Waals surface area contributed by atoms with Crippen molar-refractivity contribution in [1.29, 1.82) is 0 Å². The molecule has 2 fully saturated rings. The molecular weight excluding hydrogens is 272 g/mol. The average molecular weight is 291 g/mol. The molecule has 2 bridgehead atoms. The Hall–Kier alpha value is -1.06. The lowest BCUT2D eigenvalue weighted by molar-refractivity contribution is 0.0939. The third-order valence-corrected chi connectivity index (χ3v) is 4.83. The Balaban J connectivity index is 1.90. The predicted molar refractivity (Wildman–Crippen MR) is 80.3 cm³/mol. The summed E-state index contributed by atoms with van der Waals surface area (Å²) in [6.07, 6.45) is 4.25. The van der Waals surface area contributed by atoms with E-state index in [1.807, 2.05) is 6.92 Å². The lowest BCUT2D eigenvalue weighted by atomic mass is 9.95. The van der Waals surface area contributed by atoms with Gasteiger partial charge in [-0.3, -0.25) is 0 Å². The van der Waals surface area contributed by atoms with Crippen LogP contribution in [0.15, 0.2) is 18.2 Å². The fourth-order valence-corrected chi connectivity index (χ4v) is 3.89. The van der Waals surface area contributed by atoms with E-state index in [1.165, 1.54) is 17.5 Å². The van der Waals surface area contributed by atoms with Crippen molar-refractivity contribution in [2.45, 2.75) is 56.7 Å². The van der Waals surface area contributed by atoms with Crippen LogP contribution in [0.4, 0.5) is 0 Å². The topological polar surface area (TPSA) is 27.1 Å². The molecule has 2 aromatic rings. The van der Waals surface area contributed by atoms with E-state index in [2.05, 4.69) is 29.7 Å². The highest BCUT2D eigenvalue weighted by atomic mass is 35.5. The van der Waals surface area contributed by atoms with Crippen molar-refractivity contribution in [3.63, 3.8) is 0 Å². The zero-order chi connectivity index (χ0) is 13.9. The molecule has 1 aromatic heterocycles. The van der Waals surface area contributed by atoms with Crippen molar-refractivity contribution in [2.75, 3.05) is 0 Å². The summed E-state index contributed by atoms with van der Waals surface area (Å²) in [4.78, 5) is 4.78. The number of hydrogen-bond donors (Lipinski definition) is 0. The first kappa shape index (κ1) is 12.7. The first-order valence-corrected chi connectivity index (χ1v) is 7.85. The van der Waals surface area contributed by atoms with Gasteiger partial charge in [-0.25, -0.2) is 4.98 Å². The number of ether oxygens (including phenoxy) is 1.